The predicted molar refractivity (Wildman–Crippen MR) is 149 cm³/mol. The van der Waals surface area contributed by atoms with Gasteiger partial charge >= 0.3 is 0 Å². The SMILES string of the molecule is CCCCCCCCCCCCN1C=CN(C)C1C1N(C)C=CN1CCCCCCCCCC. The van der Waals surface area contributed by atoms with Crippen LogP contribution in [0.4, 0.5) is 0 Å². The van der Waals surface area contributed by atoms with Crippen LogP contribution in [0.5, 0.6) is 0 Å². The minimum Gasteiger partial charge on any atom is -0.356 e. The van der Waals surface area contributed by atoms with E-state index < -0.39 is 0 Å². The molecule has 2 atom stereocenters. The van der Waals surface area contributed by atoms with Crippen molar-refractivity contribution in [1.82, 2.24) is 19.6 Å². The molecule has 0 fully saturated rings. The number of unbranched alkanes of at least 4 members (excludes halogenated alkanes) is 16. The van der Waals surface area contributed by atoms with Gasteiger partial charge in [-0.15, -0.1) is 0 Å². The quantitative estimate of drug-likeness (QED) is 0.156. The number of hydrogen-bond acceptors (Lipinski definition) is 4. The fourth-order valence-corrected chi connectivity index (χ4v) is 5.59. The normalized spacial score (nSPS) is 19.9. The average Bonchev–Trinajstić information content (AvgIpc) is 3.37. The first kappa shape index (κ1) is 28.9. The summed E-state index contributed by atoms with van der Waals surface area (Å²) in [4.78, 5) is 10.0. The molecule has 0 N–H and O–H groups in total. The van der Waals surface area contributed by atoms with Crippen LogP contribution in [0.1, 0.15) is 129 Å². The largest absolute Gasteiger partial charge is 0.356 e. The van der Waals surface area contributed by atoms with Crippen molar-refractivity contribution in [2.75, 3.05) is 27.2 Å². The minimum atomic E-state index is 0.410. The summed E-state index contributed by atoms with van der Waals surface area (Å²) in [6, 6.07) is 0. The van der Waals surface area contributed by atoms with Crippen LogP contribution in [0, 0.1) is 0 Å². The van der Waals surface area contributed by atoms with Crippen LogP contribution in [0.15, 0.2) is 24.8 Å². The van der Waals surface area contributed by atoms with Crippen molar-refractivity contribution in [2.45, 2.75) is 142 Å². The van der Waals surface area contributed by atoms with Gasteiger partial charge in [0.25, 0.3) is 0 Å². The number of likely N-dealkylation sites (N-methyl/N-ethyl adjacent to an activating group) is 2. The molecule has 2 rings (SSSR count). The molecule has 2 unspecified atom stereocenters. The molecule has 0 aromatic rings. The molecule has 34 heavy (non-hydrogen) atoms. The van der Waals surface area contributed by atoms with Gasteiger partial charge in [0.05, 0.1) is 0 Å². The fourth-order valence-electron chi connectivity index (χ4n) is 5.59. The van der Waals surface area contributed by atoms with E-state index in [2.05, 4.69) is 72.3 Å². The smallest absolute Gasteiger partial charge is 0.141 e. The van der Waals surface area contributed by atoms with Gasteiger partial charge in [0.15, 0.2) is 0 Å². The highest BCUT2D eigenvalue weighted by molar-refractivity contribution is 5.06. The molecule has 0 aromatic carbocycles. The van der Waals surface area contributed by atoms with Gasteiger partial charge in [-0.05, 0) is 12.8 Å². The zero-order valence-electron chi connectivity index (χ0n) is 23.4. The van der Waals surface area contributed by atoms with Crippen LogP contribution in [0.25, 0.3) is 0 Å². The minimum absolute atomic E-state index is 0.410. The Kier molecular flexibility index (Phi) is 15.3. The molecule has 2 heterocycles. The maximum atomic E-state index is 2.60. The molecule has 4 heteroatoms. The van der Waals surface area contributed by atoms with Gasteiger partial charge in [-0.3, -0.25) is 0 Å². The van der Waals surface area contributed by atoms with E-state index in [1.54, 1.807) is 0 Å². The Morgan fingerprint density at radius 1 is 0.412 bits per heavy atom. The first-order chi connectivity index (χ1) is 16.7. The first-order valence-corrected chi connectivity index (χ1v) is 15.0. The summed E-state index contributed by atoms with van der Waals surface area (Å²) < 4.78 is 0. The standard InChI is InChI=1S/C30H58N4/c1-5-7-9-11-13-15-16-18-20-22-24-34-28-26-32(4)30(34)29-31(3)25-27-33(29)23-21-19-17-14-12-10-8-6-2/h25-30H,5-24H2,1-4H3. The lowest BCUT2D eigenvalue weighted by Gasteiger charge is -2.42. The highest BCUT2D eigenvalue weighted by Crippen LogP contribution is 2.27. The van der Waals surface area contributed by atoms with Crippen LogP contribution in [0.2, 0.25) is 0 Å². The Balaban J connectivity index is 1.65. The van der Waals surface area contributed by atoms with Crippen molar-refractivity contribution in [3.8, 4) is 0 Å². The van der Waals surface area contributed by atoms with Crippen molar-refractivity contribution in [1.29, 1.82) is 0 Å². The molecule has 0 saturated carbocycles. The van der Waals surface area contributed by atoms with Crippen molar-refractivity contribution >= 4 is 0 Å². The Morgan fingerprint density at radius 2 is 0.706 bits per heavy atom. The monoisotopic (exact) mass is 474 g/mol. The highest BCUT2D eigenvalue weighted by Gasteiger charge is 2.38. The summed E-state index contributed by atoms with van der Waals surface area (Å²) in [5.74, 6) is 0. The topological polar surface area (TPSA) is 13.0 Å². The summed E-state index contributed by atoms with van der Waals surface area (Å²) in [5.41, 5.74) is 0. The van der Waals surface area contributed by atoms with E-state index in [0.717, 1.165) is 0 Å². The second kappa shape index (κ2) is 18.0. The fraction of sp³-hybridized carbons (Fsp3) is 0.867. The van der Waals surface area contributed by atoms with E-state index in [1.165, 1.54) is 129 Å². The third-order valence-corrected chi connectivity index (χ3v) is 7.81. The predicted octanol–water partition coefficient (Wildman–Crippen LogP) is 8.14. The second-order valence-electron chi connectivity index (χ2n) is 10.9. The number of rotatable bonds is 21. The molecule has 0 radical (unpaired) electrons. The Labute approximate surface area is 213 Å². The Hall–Kier alpha value is -1.32. The van der Waals surface area contributed by atoms with Crippen LogP contribution < -0.4 is 0 Å². The summed E-state index contributed by atoms with van der Waals surface area (Å²) >= 11 is 0. The van der Waals surface area contributed by atoms with Crippen molar-refractivity contribution < 1.29 is 0 Å². The number of nitrogens with zero attached hydrogens (tertiary/aromatic N) is 4. The van der Waals surface area contributed by atoms with Gasteiger partial charge in [0, 0.05) is 52.0 Å². The van der Waals surface area contributed by atoms with Crippen molar-refractivity contribution in [2.24, 2.45) is 0 Å². The lowest BCUT2D eigenvalue weighted by atomic mass is 10.1. The third-order valence-electron chi connectivity index (χ3n) is 7.81. The van der Waals surface area contributed by atoms with Crippen molar-refractivity contribution in [3.63, 3.8) is 0 Å². The van der Waals surface area contributed by atoms with Gasteiger partial charge in [-0.2, -0.15) is 0 Å². The second-order valence-corrected chi connectivity index (χ2v) is 10.9. The van der Waals surface area contributed by atoms with E-state index in [4.69, 9.17) is 0 Å². The van der Waals surface area contributed by atoms with Crippen LogP contribution in [-0.2, 0) is 0 Å². The van der Waals surface area contributed by atoms with Gasteiger partial charge < -0.3 is 19.6 Å². The summed E-state index contributed by atoms with van der Waals surface area (Å²) in [6.45, 7) is 6.95. The molecule has 0 amide bonds. The maximum Gasteiger partial charge on any atom is 0.141 e. The zero-order chi connectivity index (χ0) is 24.4. The molecular formula is C30H58N4. The van der Waals surface area contributed by atoms with Gasteiger partial charge in [0.1, 0.15) is 12.3 Å². The molecular weight excluding hydrogens is 416 g/mol. The molecule has 0 saturated heterocycles. The van der Waals surface area contributed by atoms with Crippen LogP contribution >= 0.6 is 0 Å². The van der Waals surface area contributed by atoms with E-state index in [9.17, 15) is 0 Å². The molecule has 2 aliphatic rings. The zero-order valence-corrected chi connectivity index (χ0v) is 23.4. The Morgan fingerprint density at radius 3 is 1.03 bits per heavy atom. The lowest BCUT2D eigenvalue weighted by Crippen LogP contribution is -2.56. The molecule has 0 aromatic heterocycles. The summed E-state index contributed by atoms with van der Waals surface area (Å²) in [7, 11) is 4.50. The van der Waals surface area contributed by atoms with Crippen LogP contribution in [-0.4, -0.2) is 59.1 Å². The lowest BCUT2D eigenvalue weighted by molar-refractivity contribution is 0.0228. The molecule has 198 valence electrons. The van der Waals surface area contributed by atoms with Crippen LogP contribution in [0.3, 0.4) is 0 Å². The molecule has 0 spiro atoms. The highest BCUT2D eigenvalue weighted by atomic mass is 15.5. The summed E-state index contributed by atoms with van der Waals surface area (Å²) in [5, 5.41) is 0. The first-order valence-electron chi connectivity index (χ1n) is 15.0. The number of hydrogen-bond donors (Lipinski definition) is 0. The van der Waals surface area contributed by atoms with E-state index in [0.29, 0.717) is 12.3 Å². The van der Waals surface area contributed by atoms with E-state index in [-0.39, 0.29) is 0 Å². The van der Waals surface area contributed by atoms with Gasteiger partial charge in [-0.1, -0.05) is 117 Å². The Bertz CT molecular complexity index is 546. The van der Waals surface area contributed by atoms with Gasteiger partial charge in [0.2, 0.25) is 0 Å². The van der Waals surface area contributed by atoms with E-state index in [1.807, 2.05) is 0 Å². The average molecular weight is 475 g/mol. The molecule has 0 aliphatic carbocycles. The van der Waals surface area contributed by atoms with E-state index >= 15 is 0 Å². The molecule has 0 bridgehead atoms. The summed E-state index contributed by atoms with van der Waals surface area (Å²) in [6.07, 6.45) is 35.2. The van der Waals surface area contributed by atoms with Gasteiger partial charge in [-0.25, -0.2) is 0 Å². The molecule has 2 aliphatic heterocycles. The third kappa shape index (κ3) is 10.5. The maximum absolute atomic E-state index is 2.60. The van der Waals surface area contributed by atoms with Crippen molar-refractivity contribution in [3.05, 3.63) is 24.8 Å². The molecule has 4 nitrogen and oxygen atoms in total.